The van der Waals surface area contributed by atoms with Crippen molar-refractivity contribution in [1.29, 1.82) is 0 Å². The minimum atomic E-state index is -0.835. The molecular formula is C16H17NO3. The molecule has 0 spiro atoms. The predicted molar refractivity (Wildman–Crippen MR) is 76.4 cm³/mol. The fraction of sp³-hybridized carbons (Fsp3) is 0.188. The molecule has 4 heteroatoms. The molecule has 0 unspecified atom stereocenters. The summed E-state index contributed by atoms with van der Waals surface area (Å²) in [4.78, 5) is 10.8. The van der Waals surface area contributed by atoms with E-state index in [9.17, 15) is 9.90 Å². The minimum Gasteiger partial charge on any atom is -0.508 e. The number of hydrogen-bond acceptors (Lipinski definition) is 3. The van der Waals surface area contributed by atoms with Crippen molar-refractivity contribution in [2.75, 3.05) is 0 Å². The molecule has 3 N–H and O–H groups in total. The van der Waals surface area contributed by atoms with Crippen molar-refractivity contribution in [2.24, 2.45) is 0 Å². The van der Waals surface area contributed by atoms with E-state index in [2.05, 4.69) is 5.32 Å². The second-order valence-electron chi connectivity index (χ2n) is 4.57. The standard InChI is InChI=1S/C16H17NO3/c18-15-8-4-3-7-14(15)11-17-10-13-6-2-1-5-12(13)9-16(19)20/h1-8,17-18H,9-11H2,(H,19,20). The van der Waals surface area contributed by atoms with E-state index in [1.807, 2.05) is 36.4 Å². The van der Waals surface area contributed by atoms with Gasteiger partial charge in [0.1, 0.15) is 5.75 Å². The molecule has 20 heavy (non-hydrogen) atoms. The lowest BCUT2D eigenvalue weighted by molar-refractivity contribution is -0.136. The lowest BCUT2D eigenvalue weighted by Gasteiger charge is -2.10. The fourth-order valence-corrected chi connectivity index (χ4v) is 2.06. The third-order valence-corrected chi connectivity index (χ3v) is 3.08. The van der Waals surface area contributed by atoms with Gasteiger partial charge >= 0.3 is 5.97 Å². The zero-order valence-electron chi connectivity index (χ0n) is 11.0. The Bertz CT molecular complexity index is 596. The molecule has 0 saturated carbocycles. The molecule has 2 aromatic carbocycles. The summed E-state index contributed by atoms with van der Waals surface area (Å²) < 4.78 is 0. The number of hydrogen-bond donors (Lipinski definition) is 3. The summed E-state index contributed by atoms with van der Waals surface area (Å²) in [7, 11) is 0. The summed E-state index contributed by atoms with van der Waals surface area (Å²) in [5.41, 5.74) is 2.60. The first kappa shape index (κ1) is 14.1. The molecule has 0 aliphatic rings. The van der Waals surface area contributed by atoms with E-state index in [0.29, 0.717) is 13.1 Å². The van der Waals surface area contributed by atoms with E-state index in [1.54, 1.807) is 12.1 Å². The van der Waals surface area contributed by atoms with E-state index in [4.69, 9.17) is 5.11 Å². The molecule has 0 aliphatic carbocycles. The number of aliphatic carboxylic acids is 1. The first-order valence-corrected chi connectivity index (χ1v) is 6.43. The van der Waals surface area contributed by atoms with Crippen LogP contribution in [0.3, 0.4) is 0 Å². The number of phenolic OH excluding ortho intramolecular Hbond substituents is 1. The van der Waals surface area contributed by atoms with Gasteiger partial charge in [0.25, 0.3) is 0 Å². The first-order chi connectivity index (χ1) is 9.66. The number of carbonyl (C=O) groups is 1. The Labute approximate surface area is 117 Å². The lowest BCUT2D eigenvalue weighted by Crippen LogP contribution is -2.15. The maximum atomic E-state index is 10.8. The average molecular weight is 271 g/mol. The van der Waals surface area contributed by atoms with Crippen LogP contribution in [-0.4, -0.2) is 16.2 Å². The Balaban J connectivity index is 1.97. The summed E-state index contributed by atoms with van der Waals surface area (Å²) in [5.74, 6) is -0.572. The summed E-state index contributed by atoms with van der Waals surface area (Å²) in [6.45, 7) is 1.10. The molecule has 2 rings (SSSR count). The van der Waals surface area contributed by atoms with Crippen LogP contribution < -0.4 is 5.32 Å². The van der Waals surface area contributed by atoms with Gasteiger partial charge < -0.3 is 15.5 Å². The number of nitrogens with one attached hydrogen (secondary N) is 1. The molecule has 104 valence electrons. The average Bonchev–Trinajstić information content (AvgIpc) is 2.42. The number of aromatic hydroxyl groups is 1. The normalized spacial score (nSPS) is 10.4. The van der Waals surface area contributed by atoms with Gasteiger partial charge in [-0.1, -0.05) is 42.5 Å². The maximum Gasteiger partial charge on any atom is 0.307 e. The molecule has 0 radical (unpaired) electrons. The van der Waals surface area contributed by atoms with Gasteiger partial charge in [-0.2, -0.15) is 0 Å². The largest absolute Gasteiger partial charge is 0.508 e. The number of carboxylic acid groups (broad SMARTS) is 1. The van der Waals surface area contributed by atoms with Gasteiger partial charge in [-0.3, -0.25) is 4.79 Å². The van der Waals surface area contributed by atoms with Crippen molar-refractivity contribution >= 4 is 5.97 Å². The molecule has 0 bridgehead atoms. The topological polar surface area (TPSA) is 69.6 Å². The third-order valence-electron chi connectivity index (χ3n) is 3.08. The van der Waals surface area contributed by atoms with Crippen LogP contribution in [0.1, 0.15) is 16.7 Å². The lowest BCUT2D eigenvalue weighted by atomic mass is 10.0. The number of phenols is 1. The van der Waals surface area contributed by atoms with Crippen molar-refractivity contribution in [3.63, 3.8) is 0 Å². The van der Waals surface area contributed by atoms with Gasteiger partial charge in [-0.05, 0) is 17.2 Å². The second kappa shape index (κ2) is 6.73. The fourth-order valence-electron chi connectivity index (χ4n) is 2.06. The van der Waals surface area contributed by atoms with Crippen molar-refractivity contribution in [3.05, 3.63) is 65.2 Å². The Morgan fingerprint density at radius 1 is 0.900 bits per heavy atom. The highest BCUT2D eigenvalue weighted by atomic mass is 16.4. The summed E-state index contributed by atoms with van der Waals surface area (Å²) in [6, 6.07) is 14.6. The molecule has 0 heterocycles. The van der Waals surface area contributed by atoms with E-state index in [0.717, 1.165) is 16.7 Å². The molecule has 0 amide bonds. The van der Waals surface area contributed by atoms with Crippen LogP contribution in [0, 0.1) is 0 Å². The Kier molecular flexibility index (Phi) is 4.74. The monoisotopic (exact) mass is 271 g/mol. The van der Waals surface area contributed by atoms with Gasteiger partial charge in [0, 0.05) is 18.7 Å². The minimum absolute atomic E-state index is 0.0223. The molecule has 0 aliphatic heterocycles. The van der Waals surface area contributed by atoms with Crippen LogP contribution in [0.4, 0.5) is 0 Å². The van der Waals surface area contributed by atoms with E-state index >= 15 is 0 Å². The van der Waals surface area contributed by atoms with E-state index in [1.165, 1.54) is 0 Å². The number of para-hydroxylation sites is 1. The van der Waals surface area contributed by atoms with Gasteiger partial charge in [0.2, 0.25) is 0 Å². The second-order valence-corrected chi connectivity index (χ2v) is 4.57. The van der Waals surface area contributed by atoms with Crippen LogP contribution in [0.25, 0.3) is 0 Å². The van der Waals surface area contributed by atoms with Crippen LogP contribution >= 0.6 is 0 Å². The summed E-state index contributed by atoms with van der Waals surface area (Å²) >= 11 is 0. The van der Waals surface area contributed by atoms with Gasteiger partial charge in [-0.25, -0.2) is 0 Å². The van der Waals surface area contributed by atoms with Crippen molar-refractivity contribution in [2.45, 2.75) is 19.5 Å². The van der Waals surface area contributed by atoms with E-state index < -0.39 is 5.97 Å². The first-order valence-electron chi connectivity index (χ1n) is 6.43. The zero-order chi connectivity index (χ0) is 14.4. The van der Waals surface area contributed by atoms with Crippen molar-refractivity contribution in [1.82, 2.24) is 5.32 Å². The Hall–Kier alpha value is -2.33. The molecule has 2 aromatic rings. The Morgan fingerprint density at radius 2 is 1.45 bits per heavy atom. The smallest absolute Gasteiger partial charge is 0.307 e. The van der Waals surface area contributed by atoms with Gasteiger partial charge in [-0.15, -0.1) is 0 Å². The van der Waals surface area contributed by atoms with Crippen LogP contribution in [-0.2, 0) is 24.3 Å². The summed E-state index contributed by atoms with van der Waals surface area (Å²) in [6.07, 6.45) is 0.0223. The molecule has 0 aromatic heterocycles. The van der Waals surface area contributed by atoms with Gasteiger partial charge in [0.15, 0.2) is 0 Å². The number of rotatable bonds is 6. The predicted octanol–water partition coefficient (Wildman–Crippen LogP) is 2.31. The maximum absolute atomic E-state index is 10.8. The molecule has 0 fully saturated rings. The zero-order valence-corrected chi connectivity index (χ0v) is 11.0. The molecular weight excluding hydrogens is 254 g/mol. The van der Waals surface area contributed by atoms with Crippen molar-refractivity contribution in [3.8, 4) is 5.75 Å². The highest BCUT2D eigenvalue weighted by Gasteiger charge is 2.06. The highest BCUT2D eigenvalue weighted by Crippen LogP contribution is 2.15. The summed E-state index contributed by atoms with van der Waals surface area (Å²) in [5, 5.41) is 21.8. The number of carboxylic acids is 1. The van der Waals surface area contributed by atoms with Crippen LogP contribution in [0.15, 0.2) is 48.5 Å². The van der Waals surface area contributed by atoms with Crippen LogP contribution in [0.2, 0.25) is 0 Å². The third kappa shape index (κ3) is 3.83. The highest BCUT2D eigenvalue weighted by molar-refractivity contribution is 5.70. The van der Waals surface area contributed by atoms with Crippen molar-refractivity contribution < 1.29 is 15.0 Å². The Morgan fingerprint density at radius 3 is 2.10 bits per heavy atom. The quantitative estimate of drug-likeness (QED) is 0.754. The molecule has 4 nitrogen and oxygen atoms in total. The van der Waals surface area contributed by atoms with Gasteiger partial charge in [0.05, 0.1) is 6.42 Å². The molecule has 0 atom stereocenters. The SMILES string of the molecule is O=C(O)Cc1ccccc1CNCc1ccccc1O. The van der Waals surface area contributed by atoms with Crippen LogP contribution in [0.5, 0.6) is 5.75 Å². The molecule has 0 saturated heterocycles. The number of benzene rings is 2. The van der Waals surface area contributed by atoms with E-state index in [-0.39, 0.29) is 12.2 Å².